The van der Waals surface area contributed by atoms with E-state index in [1.165, 1.54) is 24.3 Å². The molecule has 0 aliphatic heterocycles. The predicted octanol–water partition coefficient (Wildman–Crippen LogP) is 0.716. The van der Waals surface area contributed by atoms with Gasteiger partial charge in [0.25, 0.3) is 5.69 Å². The highest BCUT2D eigenvalue weighted by Gasteiger charge is 2.03. The van der Waals surface area contributed by atoms with E-state index < -0.39 is 4.92 Å². The van der Waals surface area contributed by atoms with Crippen molar-refractivity contribution in [2.45, 2.75) is 0 Å². The average Bonchev–Trinajstić information content (AvgIpc) is 2.34. The minimum atomic E-state index is -0.497. The second-order valence-corrected chi connectivity index (χ2v) is 3.20. The fourth-order valence-corrected chi connectivity index (χ4v) is 1.15. The largest absolute Gasteiger partial charge is 0.395 e. The lowest BCUT2D eigenvalue weighted by Gasteiger charge is -1.97. The lowest BCUT2D eigenvalue weighted by atomic mass is 10.2. The summed E-state index contributed by atoms with van der Waals surface area (Å²) in [6.45, 7) is 0.0501. The van der Waals surface area contributed by atoms with Crippen molar-refractivity contribution in [3.63, 3.8) is 0 Å². The number of carbonyl (C=O) groups excluding carboxylic acids is 1. The number of aliphatic hydroxyl groups excluding tert-OH is 1. The van der Waals surface area contributed by atoms with E-state index in [9.17, 15) is 14.9 Å². The van der Waals surface area contributed by atoms with E-state index in [0.717, 1.165) is 0 Å². The van der Waals surface area contributed by atoms with E-state index in [-0.39, 0.29) is 24.7 Å². The molecule has 6 nitrogen and oxygen atoms in total. The quantitative estimate of drug-likeness (QED) is 0.447. The van der Waals surface area contributed by atoms with Crippen LogP contribution in [-0.4, -0.2) is 29.1 Å². The maximum Gasteiger partial charge on any atom is 0.270 e. The van der Waals surface area contributed by atoms with Crippen LogP contribution >= 0.6 is 0 Å². The number of benzene rings is 1. The monoisotopic (exact) mass is 236 g/mol. The van der Waals surface area contributed by atoms with E-state index in [4.69, 9.17) is 5.11 Å². The van der Waals surface area contributed by atoms with Crippen LogP contribution in [0.5, 0.6) is 0 Å². The normalized spacial score (nSPS) is 10.4. The number of nitrogens with one attached hydrogen (secondary N) is 1. The Balaban J connectivity index is 2.68. The zero-order valence-electron chi connectivity index (χ0n) is 9.00. The molecule has 0 spiro atoms. The lowest BCUT2D eigenvalue weighted by molar-refractivity contribution is -0.384. The standard InChI is InChI=1S/C11H12N2O4/c14-7-6-12-11(15)5-4-9-2-1-3-10(8-9)13(16)17/h1-5,8,14H,6-7H2,(H,12,15). The van der Waals surface area contributed by atoms with Gasteiger partial charge in [0.15, 0.2) is 0 Å². The topological polar surface area (TPSA) is 92.5 Å². The first-order valence-corrected chi connectivity index (χ1v) is 4.94. The molecule has 1 aromatic rings. The van der Waals surface area contributed by atoms with Crippen LogP contribution in [0.15, 0.2) is 30.3 Å². The Kier molecular flexibility index (Phi) is 4.83. The Hall–Kier alpha value is -2.21. The summed E-state index contributed by atoms with van der Waals surface area (Å²) in [4.78, 5) is 21.2. The molecule has 90 valence electrons. The number of nitro groups is 1. The van der Waals surface area contributed by atoms with E-state index in [2.05, 4.69) is 5.32 Å². The Morgan fingerprint density at radius 3 is 2.94 bits per heavy atom. The van der Waals surface area contributed by atoms with Crippen molar-refractivity contribution in [3.8, 4) is 0 Å². The Morgan fingerprint density at radius 1 is 1.53 bits per heavy atom. The predicted molar refractivity (Wildman–Crippen MR) is 62.2 cm³/mol. The van der Waals surface area contributed by atoms with Crippen molar-refractivity contribution in [1.82, 2.24) is 5.32 Å². The van der Waals surface area contributed by atoms with E-state index in [1.54, 1.807) is 12.1 Å². The van der Waals surface area contributed by atoms with Gasteiger partial charge in [-0.25, -0.2) is 0 Å². The fraction of sp³-hybridized carbons (Fsp3) is 0.182. The highest BCUT2D eigenvalue weighted by atomic mass is 16.6. The van der Waals surface area contributed by atoms with E-state index >= 15 is 0 Å². The Morgan fingerprint density at radius 2 is 2.29 bits per heavy atom. The molecule has 1 aromatic carbocycles. The maximum atomic E-state index is 11.2. The van der Waals surface area contributed by atoms with Gasteiger partial charge in [0, 0.05) is 24.8 Å². The molecule has 0 saturated heterocycles. The highest BCUT2D eigenvalue weighted by molar-refractivity contribution is 5.91. The van der Waals surface area contributed by atoms with Gasteiger partial charge in [-0.2, -0.15) is 0 Å². The number of aliphatic hydroxyl groups is 1. The second-order valence-electron chi connectivity index (χ2n) is 3.20. The van der Waals surface area contributed by atoms with Crippen LogP contribution in [0.1, 0.15) is 5.56 Å². The number of carbonyl (C=O) groups is 1. The van der Waals surface area contributed by atoms with Gasteiger partial charge in [0.1, 0.15) is 0 Å². The van der Waals surface area contributed by atoms with Gasteiger partial charge >= 0.3 is 0 Å². The Labute approximate surface area is 97.7 Å². The van der Waals surface area contributed by atoms with Gasteiger partial charge in [-0.3, -0.25) is 14.9 Å². The number of non-ortho nitro benzene ring substituents is 1. The molecule has 1 amide bonds. The summed E-state index contributed by atoms with van der Waals surface area (Å²) in [6, 6.07) is 5.95. The summed E-state index contributed by atoms with van der Waals surface area (Å²) in [5.41, 5.74) is 0.543. The summed E-state index contributed by atoms with van der Waals surface area (Å²) in [5.74, 6) is -0.356. The molecule has 0 radical (unpaired) electrons. The molecule has 17 heavy (non-hydrogen) atoms. The fourth-order valence-electron chi connectivity index (χ4n) is 1.15. The van der Waals surface area contributed by atoms with Gasteiger partial charge in [-0.05, 0) is 11.6 Å². The molecule has 0 fully saturated rings. The third kappa shape index (κ3) is 4.43. The van der Waals surface area contributed by atoms with Crippen molar-refractivity contribution >= 4 is 17.7 Å². The molecule has 0 heterocycles. The lowest BCUT2D eigenvalue weighted by Crippen LogP contribution is -2.24. The highest BCUT2D eigenvalue weighted by Crippen LogP contribution is 2.13. The van der Waals surface area contributed by atoms with Gasteiger partial charge in [-0.1, -0.05) is 12.1 Å². The third-order valence-electron chi connectivity index (χ3n) is 1.92. The first-order valence-electron chi connectivity index (χ1n) is 4.94. The molecule has 0 saturated carbocycles. The van der Waals surface area contributed by atoms with E-state index in [0.29, 0.717) is 5.56 Å². The molecule has 0 unspecified atom stereocenters. The van der Waals surface area contributed by atoms with Gasteiger partial charge in [0.2, 0.25) is 5.91 Å². The molecule has 0 bridgehead atoms. The van der Waals surface area contributed by atoms with Crippen LogP contribution < -0.4 is 5.32 Å². The van der Waals surface area contributed by atoms with Crippen molar-refractivity contribution in [3.05, 3.63) is 46.0 Å². The molecule has 6 heteroatoms. The van der Waals surface area contributed by atoms with Crippen LogP contribution in [-0.2, 0) is 4.79 Å². The van der Waals surface area contributed by atoms with Crippen molar-refractivity contribution in [1.29, 1.82) is 0 Å². The number of hydrogen-bond donors (Lipinski definition) is 2. The molecule has 0 aliphatic carbocycles. The maximum absolute atomic E-state index is 11.2. The number of nitro benzene ring substituents is 1. The molecular weight excluding hydrogens is 224 g/mol. The smallest absolute Gasteiger partial charge is 0.270 e. The minimum Gasteiger partial charge on any atom is -0.395 e. The number of rotatable bonds is 5. The summed E-state index contributed by atoms with van der Waals surface area (Å²) < 4.78 is 0. The van der Waals surface area contributed by atoms with Crippen LogP contribution in [0.4, 0.5) is 5.69 Å². The van der Waals surface area contributed by atoms with Gasteiger partial charge in [-0.15, -0.1) is 0 Å². The zero-order chi connectivity index (χ0) is 12.7. The van der Waals surface area contributed by atoms with Crippen LogP contribution in [0.3, 0.4) is 0 Å². The van der Waals surface area contributed by atoms with Gasteiger partial charge in [0.05, 0.1) is 11.5 Å². The Bertz CT molecular complexity index is 443. The SMILES string of the molecule is O=C(C=Cc1cccc([N+](=O)[O-])c1)NCCO. The summed E-state index contributed by atoms with van der Waals surface area (Å²) in [7, 11) is 0. The van der Waals surface area contributed by atoms with Crippen molar-refractivity contribution in [2.24, 2.45) is 0 Å². The van der Waals surface area contributed by atoms with Crippen molar-refractivity contribution < 1.29 is 14.8 Å². The molecule has 0 aliphatic rings. The number of nitrogens with zero attached hydrogens (tertiary/aromatic N) is 1. The molecule has 0 atom stereocenters. The first-order chi connectivity index (χ1) is 8.13. The number of amides is 1. The number of hydrogen-bond acceptors (Lipinski definition) is 4. The molecule has 1 rings (SSSR count). The summed E-state index contributed by atoms with van der Waals surface area (Å²) in [6.07, 6.45) is 2.73. The molecular formula is C11H12N2O4. The first kappa shape index (κ1) is 12.9. The molecule has 2 N–H and O–H groups in total. The van der Waals surface area contributed by atoms with Crippen LogP contribution in [0.2, 0.25) is 0 Å². The van der Waals surface area contributed by atoms with E-state index in [1.807, 2.05) is 0 Å². The molecule has 0 aromatic heterocycles. The zero-order valence-corrected chi connectivity index (χ0v) is 9.00. The van der Waals surface area contributed by atoms with Crippen LogP contribution in [0, 0.1) is 10.1 Å². The minimum absolute atomic E-state index is 0.0251. The summed E-state index contributed by atoms with van der Waals surface area (Å²) in [5, 5.41) is 21.4. The third-order valence-corrected chi connectivity index (χ3v) is 1.92. The van der Waals surface area contributed by atoms with Crippen LogP contribution in [0.25, 0.3) is 6.08 Å². The summed E-state index contributed by atoms with van der Waals surface area (Å²) >= 11 is 0. The van der Waals surface area contributed by atoms with Gasteiger partial charge < -0.3 is 10.4 Å². The van der Waals surface area contributed by atoms with Crippen molar-refractivity contribution in [2.75, 3.05) is 13.2 Å². The average molecular weight is 236 g/mol. The second kappa shape index (κ2) is 6.39.